The molecular formula is C22H21NO7. The Labute approximate surface area is 173 Å². The second-order valence-corrected chi connectivity index (χ2v) is 6.38. The SMILES string of the molecule is C=C1c2ccccc2C(=O)N1CC(=O)OCC(=O)c1cc(OC)c(OC)c(OC)c1. The largest absolute Gasteiger partial charge is 0.493 e. The third-order valence-electron chi connectivity index (χ3n) is 4.68. The van der Waals surface area contributed by atoms with Crippen molar-refractivity contribution >= 4 is 23.4 Å². The normalized spacial score (nSPS) is 12.4. The van der Waals surface area contributed by atoms with Crippen LogP contribution in [-0.2, 0) is 9.53 Å². The number of carbonyl (C=O) groups excluding carboxylic acids is 3. The maximum atomic E-state index is 12.5. The Hall–Kier alpha value is -3.81. The van der Waals surface area contributed by atoms with Crippen LogP contribution < -0.4 is 14.2 Å². The van der Waals surface area contributed by atoms with Gasteiger partial charge in [0.25, 0.3) is 5.91 Å². The zero-order valence-electron chi connectivity index (χ0n) is 16.9. The van der Waals surface area contributed by atoms with E-state index in [-0.39, 0.29) is 18.0 Å². The number of carbonyl (C=O) groups is 3. The van der Waals surface area contributed by atoms with E-state index >= 15 is 0 Å². The average Bonchev–Trinajstić information content (AvgIpc) is 3.01. The van der Waals surface area contributed by atoms with Crippen molar-refractivity contribution in [2.75, 3.05) is 34.5 Å². The van der Waals surface area contributed by atoms with Gasteiger partial charge in [0.1, 0.15) is 6.54 Å². The molecule has 0 saturated carbocycles. The molecule has 1 amide bonds. The number of rotatable bonds is 8. The standard InChI is InChI=1S/C22H21NO7/c1-13-15-7-5-6-8-16(15)22(26)23(13)11-20(25)30-12-17(24)14-9-18(27-2)21(29-4)19(10-14)28-3/h5-10H,1,11-12H2,2-4H3. The summed E-state index contributed by atoms with van der Waals surface area (Å²) in [5, 5.41) is 0. The first-order chi connectivity index (χ1) is 14.4. The molecule has 3 rings (SSSR count). The number of ketones is 1. The van der Waals surface area contributed by atoms with Crippen LogP contribution >= 0.6 is 0 Å². The van der Waals surface area contributed by atoms with Crippen LogP contribution in [0, 0.1) is 0 Å². The van der Waals surface area contributed by atoms with Gasteiger partial charge in [-0.25, -0.2) is 0 Å². The van der Waals surface area contributed by atoms with E-state index in [1.165, 1.54) is 38.4 Å². The number of fused-ring (bicyclic) bond motifs is 1. The number of amides is 1. The lowest BCUT2D eigenvalue weighted by Crippen LogP contribution is -2.31. The van der Waals surface area contributed by atoms with E-state index in [1.807, 2.05) is 0 Å². The number of esters is 1. The van der Waals surface area contributed by atoms with Gasteiger partial charge in [0.2, 0.25) is 11.5 Å². The van der Waals surface area contributed by atoms with E-state index in [0.717, 1.165) is 0 Å². The van der Waals surface area contributed by atoms with Gasteiger partial charge in [-0.3, -0.25) is 19.3 Å². The van der Waals surface area contributed by atoms with E-state index in [4.69, 9.17) is 18.9 Å². The predicted molar refractivity (Wildman–Crippen MR) is 108 cm³/mol. The Morgan fingerprint density at radius 3 is 2.10 bits per heavy atom. The van der Waals surface area contributed by atoms with Crippen LogP contribution in [0.4, 0.5) is 0 Å². The lowest BCUT2D eigenvalue weighted by Gasteiger charge is -2.16. The molecule has 1 heterocycles. The molecule has 8 nitrogen and oxygen atoms in total. The fourth-order valence-electron chi connectivity index (χ4n) is 3.15. The van der Waals surface area contributed by atoms with Crippen molar-refractivity contribution in [3.8, 4) is 17.2 Å². The van der Waals surface area contributed by atoms with Crippen LogP contribution in [0.5, 0.6) is 17.2 Å². The molecule has 30 heavy (non-hydrogen) atoms. The molecule has 0 fully saturated rings. The Bertz CT molecular complexity index is 968. The molecule has 0 saturated heterocycles. The molecule has 2 aromatic carbocycles. The molecule has 0 spiro atoms. The Kier molecular flexibility index (Phi) is 6.06. The summed E-state index contributed by atoms with van der Waals surface area (Å²) >= 11 is 0. The molecule has 0 atom stereocenters. The van der Waals surface area contributed by atoms with Gasteiger partial charge in [0.05, 0.1) is 21.3 Å². The van der Waals surface area contributed by atoms with Crippen molar-refractivity contribution < 1.29 is 33.3 Å². The smallest absolute Gasteiger partial charge is 0.326 e. The van der Waals surface area contributed by atoms with Crippen LogP contribution in [0.15, 0.2) is 43.0 Å². The van der Waals surface area contributed by atoms with E-state index in [0.29, 0.717) is 34.1 Å². The third-order valence-corrected chi connectivity index (χ3v) is 4.68. The van der Waals surface area contributed by atoms with Gasteiger partial charge in [-0.1, -0.05) is 24.8 Å². The zero-order chi connectivity index (χ0) is 21.8. The number of hydrogen-bond donors (Lipinski definition) is 0. The van der Waals surface area contributed by atoms with Crippen molar-refractivity contribution in [3.63, 3.8) is 0 Å². The topological polar surface area (TPSA) is 91.4 Å². The Balaban J connectivity index is 1.65. The van der Waals surface area contributed by atoms with Crippen LogP contribution in [0.3, 0.4) is 0 Å². The molecule has 0 unspecified atom stereocenters. The van der Waals surface area contributed by atoms with Crippen molar-refractivity contribution in [2.24, 2.45) is 0 Å². The van der Waals surface area contributed by atoms with Crippen molar-refractivity contribution in [2.45, 2.75) is 0 Å². The van der Waals surface area contributed by atoms with E-state index in [9.17, 15) is 14.4 Å². The first-order valence-corrected chi connectivity index (χ1v) is 9.00. The van der Waals surface area contributed by atoms with Crippen molar-refractivity contribution in [1.29, 1.82) is 0 Å². The highest BCUT2D eigenvalue weighted by molar-refractivity contribution is 6.10. The molecule has 0 aliphatic carbocycles. The molecule has 0 radical (unpaired) electrons. The molecule has 0 N–H and O–H groups in total. The summed E-state index contributed by atoms with van der Waals surface area (Å²) in [5.74, 6) is -0.551. The second-order valence-electron chi connectivity index (χ2n) is 6.38. The molecular weight excluding hydrogens is 390 g/mol. The van der Waals surface area contributed by atoms with E-state index < -0.39 is 18.4 Å². The number of methoxy groups -OCH3 is 3. The lowest BCUT2D eigenvalue weighted by atomic mass is 10.1. The molecule has 0 aromatic heterocycles. The summed E-state index contributed by atoms with van der Waals surface area (Å²) in [6.45, 7) is 3.03. The zero-order valence-corrected chi connectivity index (χ0v) is 16.9. The van der Waals surface area contributed by atoms with Crippen LogP contribution in [0.1, 0.15) is 26.3 Å². The molecule has 156 valence electrons. The quantitative estimate of drug-likeness (QED) is 0.487. The van der Waals surface area contributed by atoms with Gasteiger partial charge in [-0.15, -0.1) is 0 Å². The number of ether oxygens (including phenoxy) is 4. The maximum absolute atomic E-state index is 12.5. The van der Waals surface area contributed by atoms with Crippen molar-refractivity contribution in [3.05, 3.63) is 59.7 Å². The highest BCUT2D eigenvalue weighted by atomic mass is 16.5. The van der Waals surface area contributed by atoms with Crippen LogP contribution in [-0.4, -0.2) is 57.0 Å². The maximum Gasteiger partial charge on any atom is 0.326 e. The fraction of sp³-hybridized carbons (Fsp3) is 0.227. The summed E-state index contributed by atoms with van der Waals surface area (Å²) in [6, 6.07) is 9.90. The average molecular weight is 411 g/mol. The minimum Gasteiger partial charge on any atom is -0.493 e. The monoisotopic (exact) mass is 411 g/mol. The second kappa shape index (κ2) is 8.69. The number of hydrogen-bond acceptors (Lipinski definition) is 7. The minimum absolute atomic E-state index is 0.228. The number of benzene rings is 2. The summed E-state index contributed by atoms with van der Waals surface area (Å²) in [7, 11) is 4.32. The minimum atomic E-state index is -0.724. The molecule has 1 aliphatic heterocycles. The first kappa shape index (κ1) is 20.9. The molecule has 2 aromatic rings. The van der Waals surface area contributed by atoms with E-state index in [1.54, 1.807) is 24.3 Å². The third kappa shape index (κ3) is 3.84. The number of nitrogens with zero attached hydrogens (tertiary/aromatic N) is 1. The van der Waals surface area contributed by atoms with Crippen LogP contribution in [0.2, 0.25) is 0 Å². The number of Topliss-reactive ketones (excluding diaryl/α,β-unsaturated/α-hetero) is 1. The lowest BCUT2D eigenvalue weighted by molar-refractivity contribution is -0.142. The molecule has 8 heteroatoms. The van der Waals surface area contributed by atoms with Gasteiger partial charge in [-0.2, -0.15) is 0 Å². The highest BCUT2D eigenvalue weighted by Gasteiger charge is 2.32. The van der Waals surface area contributed by atoms with Gasteiger partial charge in [-0.05, 0) is 18.2 Å². The summed E-state index contributed by atoms with van der Waals surface area (Å²) in [5.41, 5.74) is 1.79. The molecule has 0 bridgehead atoms. The summed E-state index contributed by atoms with van der Waals surface area (Å²) in [4.78, 5) is 38.4. The Morgan fingerprint density at radius 2 is 1.57 bits per heavy atom. The highest BCUT2D eigenvalue weighted by Crippen LogP contribution is 2.38. The van der Waals surface area contributed by atoms with Gasteiger partial charge >= 0.3 is 5.97 Å². The summed E-state index contributed by atoms with van der Waals surface area (Å²) in [6.07, 6.45) is 0. The van der Waals surface area contributed by atoms with Gasteiger partial charge < -0.3 is 18.9 Å². The first-order valence-electron chi connectivity index (χ1n) is 9.00. The summed E-state index contributed by atoms with van der Waals surface area (Å²) < 4.78 is 20.7. The Morgan fingerprint density at radius 1 is 0.967 bits per heavy atom. The van der Waals surface area contributed by atoms with Crippen molar-refractivity contribution in [1.82, 2.24) is 4.90 Å². The van der Waals surface area contributed by atoms with E-state index in [2.05, 4.69) is 6.58 Å². The van der Waals surface area contributed by atoms with Crippen LogP contribution in [0.25, 0.3) is 5.70 Å². The molecule has 1 aliphatic rings. The predicted octanol–water partition coefficient (Wildman–Crippen LogP) is 2.57. The fourth-order valence-corrected chi connectivity index (χ4v) is 3.15. The van der Waals surface area contributed by atoms with Gasteiger partial charge in [0.15, 0.2) is 18.1 Å². The van der Waals surface area contributed by atoms with Gasteiger partial charge in [0, 0.05) is 22.4 Å².